The van der Waals surface area contributed by atoms with Gasteiger partial charge in [0.05, 0.1) is 19.0 Å². The number of amides is 3. The monoisotopic (exact) mass is 885 g/mol. The van der Waals surface area contributed by atoms with Crippen molar-refractivity contribution in [2.45, 2.75) is 82.4 Å². The van der Waals surface area contributed by atoms with Crippen LogP contribution in [0.5, 0.6) is 5.75 Å². The van der Waals surface area contributed by atoms with E-state index in [0.29, 0.717) is 41.7 Å². The number of hydrogen-bond acceptors (Lipinski definition) is 9. The molecule has 2 aliphatic heterocycles. The smallest absolute Gasteiger partial charge is 0.289 e. The lowest BCUT2D eigenvalue weighted by molar-refractivity contribution is -0.142. The number of likely N-dealkylation sites (tertiary alicyclic amines) is 1. The number of ether oxygens (including phenoxy) is 2. The maximum absolute atomic E-state index is 14.4. The molecule has 2 aliphatic rings. The summed E-state index contributed by atoms with van der Waals surface area (Å²) in [7, 11) is -3.81. The number of carbonyl (C=O) groups is 4. The average Bonchev–Trinajstić information content (AvgIpc) is 3.72. The molecule has 4 aromatic rings. The molecule has 4 N–H and O–H groups in total. The van der Waals surface area contributed by atoms with Crippen LogP contribution in [-0.4, -0.2) is 93.5 Å². The fraction of sp³-hybridized carbons (Fsp3) is 0.404. The number of piperidine rings is 1. The van der Waals surface area contributed by atoms with Gasteiger partial charge in [0, 0.05) is 31.0 Å². The number of benzene rings is 4. The van der Waals surface area contributed by atoms with Crippen LogP contribution in [0.3, 0.4) is 0 Å². The van der Waals surface area contributed by atoms with Crippen molar-refractivity contribution in [1.29, 1.82) is 0 Å². The molecule has 330 valence electrons. The van der Waals surface area contributed by atoms with Crippen molar-refractivity contribution >= 4 is 45.1 Å². The third-order valence-electron chi connectivity index (χ3n) is 11.2. The Morgan fingerprint density at radius 3 is 2.10 bits per heavy atom. The third kappa shape index (κ3) is 14.5. The number of Topliss-reactive ketones (excluding diaryl/α,β-unsaturated/α-hetero) is 1. The van der Waals surface area contributed by atoms with Gasteiger partial charge in [0.2, 0.25) is 27.6 Å². The fourth-order valence-electron chi connectivity index (χ4n) is 7.86. The minimum Gasteiger partial charge on any atom is -0.489 e. The number of sulfonamides is 1. The predicted molar refractivity (Wildman–Crippen MR) is 238 cm³/mol. The van der Waals surface area contributed by atoms with Crippen molar-refractivity contribution in [2.75, 3.05) is 32.4 Å². The molecule has 2 fully saturated rings. The van der Waals surface area contributed by atoms with E-state index in [1.165, 1.54) is 4.90 Å². The van der Waals surface area contributed by atoms with E-state index in [0.717, 1.165) is 48.9 Å². The van der Waals surface area contributed by atoms with Gasteiger partial charge in [-0.3, -0.25) is 19.2 Å². The van der Waals surface area contributed by atoms with Crippen molar-refractivity contribution in [2.24, 2.45) is 5.92 Å². The van der Waals surface area contributed by atoms with Gasteiger partial charge in [-0.15, -0.1) is 0 Å². The van der Waals surface area contributed by atoms with Crippen molar-refractivity contribution in [3.8, 4) is 5.75 Å². The summed E-state index contributed by atoms with van der Waals surface area (Å²) in [4.78, 5) is 57.5. The SMILES string of the molecule is CS(=O)(=O)N[C@H](CCC1CCNCC1)C(=O)N1C[C@H](OCc2ccc(Cl)cc2)C[C@H]1C(=O)N[C@@H](Cc1ccccc1)C(=O)C(=O)NCCc1ccc(OCc2ccccc2)cc1. The Hall–Kier alpha value is -5.12. The highest BCUT2D eigenvalue weighted by Gasteiger charge is 2.44. The van der Waals surface area contributed by atoms with Crippen molar-refractivity contribution < 1.29 is 37.1 Å². The summed E-state index contributed by atoms with van der Waals surface area (Å²) in [6.07, 6.45) is 3.67. The highest BCUT2D eigenvalue weighted by atomic mass is 35.5. The van der Waals surface area contributed by atoms with E-state index < -0.39 is 57.8 Å². The van der Waals surface area contributed by atoms with Gasteiger partial charge in [0.15, 0.2) is 0 Å². The number of ketones is 1. The quantitative estimate of drug-likeness (QED) is 0.0862. The molecule has 2 saturated heterocycles. The summed E-state index contributed by atoms with van der Waals surface area (Å²) in [5, 5.41) is 9.42. The van der Waals surface area contributed by atoms with Crippen LogP contribution in [0.2, 0.25) is 5.02 Å². The number of halogens is 1. The zero-order valence-corrected chi connectivity index (χ0v) is 36.5. The van der Waals surface area contributed by atoms with Crippen LogP contribution in [0.1, 0.15) is 54.4 Å². The van der Waals surface area contributed by atoms with Gasteiger partial charge in [0.25, 0.3) is 5.91 Å². The Kier molecular flexibility index (Phi) is 17.1. The lowest BCUT2D eigenvalue weighted by Crippen LogP contribution is -2.56. The van der Waals surface area contributed by atoms with Crippen LogP contribution in [0.15, 0.2) is 109 Å². The first kappa shape index (κ1) is 46.4. The van der Waals surface area contributed by atoms with Gasteiger partial charge < -0.3 is 30.3 Å². The molecule has 15 heteroatoms. The number of nitrogens with one attached hydrogen (secondary N) is 4. The Labute approximate surface area is 369 Å². The van der Waals surface area contributed by atoms with Crippen molar-refractivity contribution in [3.05, 3.63) is 136 Å². The summed E-state index contributed by atoms with van der Waals surface area (Å²) in [5.41, 5.74) is 3.53. The molecule has 0 radical (unpaired) electrons. The first-order valence-corrected chi connectivity index (χ1v) is 23.4. The van der Waals surface area contributed by atoms with E-state index in [2.05, 4.69) is 20.7 Å². The van der Waals surface area contributed by atoms with Gasteiger partial charge in [-0.1, -0.05) is 96.5 Å². The largest absolute Gasteiger partial charge is 0.489 e. The van der Waals surface area contributed by atoms with Crippen molar-refractivity contribution in [3.63, 3.8) is 0 Å². The number of hydrogen-bond donors (Lipinski definition) is 4. The summed E-state index contributed by atoms with van der Waals surface area (Å²) >= 11 is 6.08. The van der Waals surface area contributed by atoms with Gasteiger partial charge in [-0.25, -0.2) is 13.1 Å². The molecule has 4 aromatic carbocycles. The first-order valence-electron chi connectivity index (χ1n) is 21.2. The van der Waals surface area contributed by atoms with Crippen LogP contribution in [0.25, 0.3) is 0 Å². The number of rotatable bonds is 21. The zero-order chi connectivity index (χ0) is 43.9. The summed E-state index contributed by atoms with van der Waals surface area (Å²) in [5.74, 6) is -1.87. The van der Waals surface area contributed by atoms with Gasteiger partial charge >= 0.3 is 0 Å². The Bertz CT molecular complexity index is 2190. The normalized spacial score (nSPS) is 17.8. The topological polar surface area (TPSA) is 172 Å². The first-order chi connectivity index (χ1) is 29.9. The number of carbonyl (C=O) groups excluding carboxylic acids is 4. The molecule has 62 heavy (non-hydrogen) atoms. The van der Waals surface area contributed by atoms with Gasteiger partial charge in [-0.05, 0) is 97.6 Å². The van der Waals surface area contributed by atoms with Crippen LogP contribution < -0.4 is 25.4 Å². The van der Waals surface area contributed by atoms with Crippen LogP contribution in [0.4, 0.5) is 0 Å². The molecule has 6 rings (SSSR count). The molecule has 13 nitrogen and oxygen atoms in total. The lowest BCUT2D eigenvalue weighted by atomic mass is 9.91. The standard InChI is InChI=1S/C47H56ClN5O8S/c1-62(58,59)52-41(21-16-34-22-25-49-26-23-34)47(57)53-30-40(61-32-37-12-17-38(48)18-13-37)29-43(53)45(55)51-42(28-35-8-4-2-5-9-35)44(54)46(56)50-27-24-33-14-19-39(20-15-33)60-31-36-10-6-3-7-11-36/h2-15,17-20,34,40-43,49,52H,16,21-32H2,1H3,(H,50,56)(H,51,55)/t40-,41-,42+,43+/m1/s1. The zero-order valence-electron chi connectivity index (χ0n) is 35.0. The van der Waals surface area contributed by atoms with Crippen LogP contribution in [0, 0.1) is 5.92 Å². The van der Waals surface area contributed by atoms with Crippen molar-refractivity contribution in [1.82, 2.24) is 25.6 Å². The van der Waals surface area contributed by atoms with E-state index in [9.17, 15) is 27.6 Å². The molecule has 3 amide bonds. The highest BCUT2D eigenvalue weighted by Crippen LogP contribution is 2.26. The molecule has 0 spiro atoms. The van der Waals surface area contributed by atoms with Gasteiger partial charge in [-0.2, -0.15) is 0 Å². The minimum atomic E-state index is -3.81. The van der Waals surface area contributed by atoms with Gasteiger partial charge in [0.1, 0.15) is 30.5 Å². The Balaban J connectivity index is 1.14. The van der Waals surface area contributed by atoms with E-state index in [1.54, 1.807) is 36.4 Å². The second-order valence-electron chi connectivity index (χ2n) is 16.1. The Morgan fingerprint density at radius 2 is 1.44 bits per heavy atom. The summed E-state index contributed by atoms with van der Waals surface area (Å²) in [6.45, 7) is 2.50. The molecule has 2 heterocycles. The maximum Gasteiger partial charge on any atom is 0.289 e. The molecule has 4 atom stereocenters. The lowest BCUT2D eigenvalue weighted by Gasteiger charge is -2.30. The predicted octanol–water partition coefficient (Wildman–Crippen LogP) is 4.76. The van der Waals surface area contributed by atoms with E-state index >= 15 is 0 Å². The highest BCUT2D eigenvalue weighted by molar-refractivity contribution is 7.88. The average molecular weight is 887 g/mol. The second kappa shape index (κ2) is 22.8. The molecular weight excluding hydrogens is 830 g/mol. The van der Waals surface area contributed by atoms with Crippen LogP contribution >= 0.6 is 11.6 Å². The third-order valence-corrected chi connectivity index (χ3v) is 12.2. The van der Waals surface area contributed by atoms with Crippen LogP contribution in [-0.2, 0) is 60.0 Å². The molecule has 0 saturated carbocycles. The summed E-state index contributed by atoms with van der Waals surface area (Å²) < 4.78 is 39.8. The summed E-state index contributed by atoms with van der Waals surface area (Å²) in [6, 6.07) is 30.0. The molecule has 0 bridgehead atoms. The van der Waals surface area contributed by atoms with E-state index in [4.69, 9.17) is 21.1 Å². The Morgan fingerprint density at radius 1 is 0.806 bits per heavy atom. The molecule has 0 aromatic heterocycles. The van der Waals surface area contributed by atoms with E-state index in [1.807, 2.05) is 72.8 Å². The maximum atomic E-state index is 14.4. The van der Waals surface area contributed by atoms with E-state index in [-0.39, 0.29) is 39.0 Å². The minimum absolute atomic E-state index is 0.0116. The fourth-order valence-corrected chi connectivity index (χ4v) is 8.72. The molecular formula is C47H56ClN5O8S. The molecule has 0 aliphatic carbocycles. The second-order valence-corrected chi connectivity index (χ2v) is 18.3. The number of nitrogens with zero attached hydrogens (tertiary/aromatic N) is 1. The molecule has 0 unspecified atom stereocenters.